The molecule has 1 aromatic carbocycles. The normalized spacial score (nSPS) is 12.4. The first kappa shape index (κ1) is 16.4. The second kappa shape index (κ2) is 6.68. The summed E-state index contributed by atoms with van der Waals surface area (Å²) in [4.78, 5) is 0. The molecule has 1 rings (SSSR count). The van der Waals surface area contributed by atoms with Crippen LogP contribution in [0.15, 0.2) is 12.1 Å². The van der Waals surface area contributed by atoms with Crippen molar-refractivity contribution in [2.45, 2.75) is 25.7 Å². The second-order valence-electron chi connectivity index (χ2n) is 5.22. The van der Waals surface area contributed by atoms with Crippen molar-refractivity contribution in [2.75, 3.05) is 21.3 Å². The van der Waals surface area contributed by atoms with Crippen LogP contribution in [0, 0.1) is 12.3 Å². The molecule has 0 amide bonds. The Kier molecular flexibility index (Phi) is 5.49. The number of terminal acetylenes is 1. The van der Waals surface area contributed by atoms with Gasteiger partial charge in [-0.3, -0.25) is 0 Å². The third-order valence-electron chi connectivity index (χ3n) is 2.64. The summed E-state index contributed by atoms with van der Waals surface area (Å²) in [5, 5.41) is 0. The maximum absolute atomic E-state index is 6.03. The number of benzene rings is 1. The smallest absolute Gasteiger partial charge is 0.185 e. The molecule has 0 aliphatic heterocycles. The van der Waals surface area contributed by atoms with E-state index in [0.717, 1.165) is 5.56 Å². The van der Waals surface area contributed by atoms with Gasteiger partial charge in [0, 0.05) is 12.1 Å². The molecule has 5 heteroatoms. The Morgan fingerprint density at radius 1 is 1.00 bits per heavy atom. The quantitative estimate of drug-likeness (QED) is 0.596. The van der Waals surface area contributed by atoms with Crippen LogP contribution in [-0.2, 0) is 4.43 Å². The second-order valence-corrected chi connectivity index (χ2v) is 9.68. The molecular weight excluding hydrogens is 272 g/mol. The van der Waals surface area contributed by atoms with E-state index in [1.54, 1.807) is 33.5 Å². The topological polar surface area (TPSA) is 36.9 Å². The van der Waals surface area contributed by atoms with Gasteiger partial charge in [-0.05, 0) is 19.6 Å². The van der Waals surface area contributed by atoms with Gasteiger partial charge in [0.05, 0.1) is 26.9 Å². The van der Waals surface area contributed by atoms with Gasteiger partial charge >= 0.3 is 0 Å². The van der Waals surface area contributed by atoms with Crippen LogP contribution in [-0.4, -0.2) is 29.6 Å². The Bertz CT molecular complexity index is 475. The van der Waals surface area contributed by atoms with Gasteiger partial charge in [0.1, 0.15) is 23.4 Å². The first-order valence-electron chi connectivity index (χ1n) is 6.30. The predicted octanol–water partition coefficient (Wildman–Crippen LogP) is 3.24. The van der Waals surface area contributed by atoms with E-state index in [2.05, 4.69) is 25.6 Å². The van der Waals surface area contributed by atoms with Gasteiger partial charge in [-0.1, -0.05) is 5.92 Å². The van der Waals surface area contributed by atoms with Crippen LogP contribution in [0.3, 0.4) is 0 Å². The summed E-state index contributed by atoms with van der Waals surface area (Å²) in [7, 11) is 2.95. The lowest BCUT2D eigenvalue weighted by molar-refractivity contribution is 0.242. The summed E-state index contributed by atoms with van der Waals surface area (Å²) in [6, 6.07) is 3.55. The van der Waals surface area contributed by atoms with E-state index in [9.17, 15) is 0 Å². The molecule has 0 bridgehead atoms. The van der Waals surface area contributed by atoms with Crippen LogP contribution < -0.4 is 14.2 Å². The molecule has 0 spiro atoms. The molecule has 0 heterocycles. The molecule has 20 heavy (non-hydrogen) atoms. The minimum absolute atomic E-state index is 0.502. The van der Waals surface area contributed by atoms with E-state index in [0.29, 0.717) is 17.2 Å². The molecule has 0 aromatic heterocycles. The molecule has 1 atom stereocenters. The zero-order valence-electron chi connectivity index (χ0n) is 12.9. The SMILES string of the molecule is C#CC(O[Si](C)(C)C)c1c(OC)cc(OC)cc1OC. The van der Waals surface area contributed by atoms with Crippen molar-refractivity contribution in [3.05, 3.63) is 17.7 Å². The molecular formula is C15H22O4Si. The highest BCUT2D eigenvalue weighted by Crippen LogP contribution is 2.40. The Morgan fingerprint density at radius 3 is 1.80 bits per heavy atom. The molecule has 0 radical (unpaired) electrons. The summed E-state index contributed by atoms with van der Waals surface area (Å²) in [6.07, 6.45) is 5.13. The average Bonchev–Trinajstić information content (AvgIpc) is 2.42. The number of hydrogen-bond acceptors (Lipinski definition) is 4. The minimum atomic E-state index is -1.80. The van der Waals surface area contributed by atoms with Crippen LogP contribution in [0.25, 0.3) is 0 Å². The fourth-order valence-electron chi connectivity index (χ4n) is 1.82. The molecule has 1 unspecified atom stereocenters. The standard InChI is InChI=1S/C15H22O4Si/c1-8-12(19-20(5,6)7)15-13(17-3)9-11(16-2)10-14(15)18-4/h1,9-10,12H,2-7H3. The fraction of sp³-hybridized carbons (Fsp3) is 0.467. The highest BCUT2D eigenvalue weighted by molar-refractivity contribution is 6.69. The van der Waals surface area contributed by atoms with E-state index >= 15 is 0 Å². The van der Waals surface area contributed by atoms with Crippen LogP contribution >= 0.6 is 0 Å². The predicted molar refractivity (Wildman–Crippen MR) is 82.1 cm³/mol. The minimum Gasteiger partial charge on any atom is -0.496 e. The molecule has 0 saturated heterocycles. The van der Waals surface area contributed by atoms with Gasteiger partial charge < -0.3 is 18.6 Å². The van der Waals surface area contributed by atoms with Crippen LogP contribution in [0.5, 0.6) is 17.2 Å². The largest absolute Gasteiger partial charge is 0.496 e. The van der Waals surface area contributed by atoms with Crippen molar-refractivity contribution < 1.29 is 18.6 Å². The first-order valence-corrected chi connectivity index (χ1v) is 9.71. The van der Waals surface area contributed by atoms with Crippen LogP contribution in [0.4, 0.5) is 0 Å². The number of rotatable bonds is 6. The van der Waals surface area contributed by atoms with E-state index in [1.807, 2.05) is 0 Å². The lowest BCUT2D eigenvalue weighted by Crippen LogP contribution is -2.27. The zero-order valence-corrected chi connectivity index (χ0v) is 13.9. The molecule has 0 N–H and O–H groups in total. The van der Waals surface area contributed by atoms with Crippen molar-refractivity contribution in [1.82, 2.24) is 0 Å². The maximum atomic E-state index is 6.03. The monoisotopic (exact) mass is 294 g/mol. The van der Waals surface area contributed by atoms with Crippen molar-refractivity contribution >= 4 is 8.32 Å². The summed E-state index contributed by atoms with van der Waals surface area (Å²) in [6.45, 7) is 6.25. The van der Waals surface area contributed by atoms with E-state index in [-0.39, 0.29) is 0 Å². The van der Waals surface area contributed by atoms with Gasteiger partial charge in [-0.25, -0.2) is 0 Å². The summed E-state index contributed by atoms with van der Waals surface area (Å²) < 4.78 is 22.1. The molecule has 110 valence electrons. The highest BCUT2D eigenvalue weighted by atomic mass is 28.4. The van der Waals surface area contributed by atoms with Crippen molar-refractivity contribution in [3.63, 3.8) is 0 Å². The first-order chi connectivity index (χ1) is 9.36. The molecule has 0 fully saturated rings. The number of methoxy groups -OCH3 is 3. The Labute approximate surface area is 122 Å². The van der Waals surface area contributed by atoms with Crippen molar-refractivity contribution in [2.24, 2.45) is 0 Å². The van der Waals surface area contributed by atoms with Gasteiger partial charge in [-0.15, -0.1) is 6.42 Å². The van der Waals surface area contributed by atoms with Crippen LogP contribution in [0.2, 0.25) is 19.6 Å². The number of hydrogen-bond donors (Lipinski definition) is 0. The third kappa shape index (κ3) is 3.92. The Hall–Kier alpha value is -1.64. The summed E-state index contributed by atoms with van der Waals surface area (Å²) >= 11 is 0. The van der Waals surface area contributed by atoms with Gasteiger partial charge in [-0.2, -0.15) is 0 Å². The van der Waals surface area contributed by atoms with E-state index < -0.39 is 14.4 Å². The maximum Gasteiger partial charge on any atom is 0.185 e. The van der Waals surface area contributed by atoms with E-state index in [1.165, 1.54) is 0 Å². The van der Waals surface area contributed by atoms with Gasteiger partial charge in [0.25, 0.3) is 0 Å². The van der Waals surface area contributed by atoms with Crippen molar-refractivity contribution in [3.8, 4) is 29.6 Å². The zero-order chi connectivity index (χ0) is 15.3. The average molecular weight is 294 g/mol. The Morgan fingerprint density at radius 2 is 1.50 bits per heavy atom. The van der Waals surface area contributed by atoms with Crippen LogP contribution in [0.1, 0.15) is 11.7 Å². The number of ether oxygens (including phenoxy) is 3. The lowest BCUT2D eigenvalue weighted by atomic mass is 10.1. The molecule has 0 saturated carbocycles. The molecule has 0 aliphatic carbocycles. The summed E-state index contributed by atoms with van der Waals surface area (Å²) in [5.74, 6) is 4.52. The van der Waals surface area contributed by atoms with Gasteiger partial charge in [0.15, 0.2) is 8.32 Å². The lowest BCUT2D eigenvalue weighted by Gasteiger charge is -2.25. The molecule has 4 nitrogen and oxygen atoms in total. The molecule has 1 aromatic rings. The fourth-order valence-corrected chi connectivity index (χ4v) is 2.71. The highest BCUT2D eigenvalue weighted by Gasteiger charge is 2.27. The molecule has 0 aliphatic rings. The Balaban J connectivity index is 3.36. The van der Waals surface area contributed by atoms with Gasteiger partial charge in [0.2, 0.25) is 0 Å². The summed E-state index contributed by atoms with van der Waals surface area (Å²) in [5.41, 5.74) is 0.723. The third-order valence-corrected chi connectivity index (χ3v) is 3.58. The van der Waals surface area contributed by atoms with E-state index in [4.69, 9.17) is 25.1 Å². The van der Waals surface area contributed by atoms with Crippen molar-refractivity contribution in [1.29, 1.82) is 0 Å².